The van der Waals surface area contributed by atoms with Crippen LogP contribution in [-0.4, -0.2) is 32.3 Å². The molecule has 0 heterocycles. The van der Waals surface area contributed by atoms with Crippen LogP contribution in [0.5, 0.6) is 11.5 Å². The van der Waals surface area contributed by atoms with Gasteiger partial charge in [-0.05, 0) is 26.8 Å². The largest absolute Gasteiger partial charge is 0.513 e. The summed E-state index contributed by atoms with van der Waals surface area (Å²) in [5.74, 6) is -0.989. The highest BCUT2D eigenvalue weighted by atomic mass is 19.4. The molecule has 0 saturated heterocycles. The van der Waals surface area contributed by atoms with Gasteiger partial charge in [0.15, 0.2) is 6.61 Å². The predicted octanol–water partition coefficient (Wildman–Crippen LogP) is 2.47. The van der Waals surface area contributed by atoms with Crippen molar-refractivity contribution in [2.45, 2.75) is 26.4 Å². The zero-order valence-electron chi connectivity index (χ0n) is 12.3. The normalized spacial score (nSPS) is 12.0. The third-order valence-electron chi connectivity index (χ3n) is 2.34. The molecule has 21 heavy (non-hydrogen) atoms. The van der Waals surface area contributed by atoms with E-state index in [4.69, 9.17) is 14.2 Å². The molecule has 0 aliphatic heterocycles. The van der Waals surface area contributed by atoms with Crippen molar-refractivity contribution in [2.75, 3.05) is 13.7 Å². The maximum Gasteiger partial charge on any atom is 0.513 e. The van der Waals surface area contributed by atoms with Crippen LogP contribution in [0.1, 0.15) is 20.8 Å². The van der Waals surface area contributed by atoms with Crippen LogP contribution in [0.25, 0.3) is 0 Å². The van der Waals surface area contributed by atoms with Crippen LogP contribution in [0.2, 0.25) is 0 Å². The lowest BCUT2D eigenvalue weighted by Crippen LogP contribution is -2.36. The summed E-state index contributed by atoms with van der Waals surface area (Å²) in [6.45, 7) is -0.900. The van der Waals surface area contributed by atoms with Gasteiger partial charge in [0.05, 0.1) is 12.9 Å². The summed E-state index contributed by atoms with van der Waals surface area (Å²) in [6.07, 6.45) is 0. The van der Waals surface area contributed by atoms with E-state index in [-0.39, 0.29) is 5.75 Å². The number of benzene rings is 1. The van der Waals surface area contributed by atoms with Crippen LogP contribution in [0.15, 0.2) is 18.2 Å². The molecule has 0 bridgehead atoms. The van der Waals surface area contributed by atoms with Gasteiger partial charge in [0.25, 0.3) is 0 Å². The standard InChI is InChI=1S/C13H17BF3O4/c1-13(2,3)21-12(18)8-20-11-7-9(19-4)5-6-10(11)14(15,16)17/h5-7H,8H2,1-4H3/q-1. The molecule has 0 amide bonds. The van der Waals surface area contributed by atoms with E-state index in [1.54, 1.807) is 20.8 Å². The van der Waals surface area contributed by atoms with Crippen molar-refractivity contribution in [1.29, 1.82) is 0 Å². The number of rotatable bonds is 5. The van der Waals surface area contributed by atoms with E-state index < -0.39 is 36.4 Å². The molecule has 1 rings (SSSR count). The summed E-state index contributed by atoms with van der Waals surface area (Å²) in [6, 6.07) is 3.14. The molecule has 1 aromatic carbocycles. The maximum absolute atomic E-state index is 12.9. The maximum atomic E-state index is 12.9. The molecule has 0 aromatic heterocycles. The van der Waals surface area contributed by atoms with E-state index >= 15 is 0 Å². The van der Waals surface area contributed by atoms with Gasteiger partial charge in [-0.2, -0.15) is 0 Å². The van der Waals surface area contributed by atoms with Crippen molar-refractivity contribution in [2.24, 2.45) is 0 Å². The average Bonchev–Trinajstić information content (AvgIpc) is 2.32. The second kappa shape index (κ2) is 6.28. The topological polar surface area (TPSA) is 44.8 Å². The fraction of sp³-hybridized carbons (Fsp3) is 0.462. The van der Waals surface area contributed by atoms with Gasteiger partial charge in [-0.3, -0.25) is 0 Å². The van der Waals surface area contributed by atoms with Crippen LogP contribution in [0, 0.1) is 0 Å². The third-order valence-corrected chi connectivity index (χ3v) is 2.34. The molecule has 0 spiro atoms. The zero-order chi connectivity index (χ0) is 16.3. The van der Waals surface area contributed by atoms with Crippen molar-refractivity contribution >= 4 is 18.4 Å². The van der Waals surface area contributed by atoms with Gasteiger partial charge in [-0.25, -0.2) is 4.79 Å². The first kappa shape index (κ1) is 17.2. The van der Waals surface area contributed by atoms with Gasteiger partial charge in [-0.1, -0.05) is 11.5 Å². The number of hydrogen-bond acceptors (Lipinski definition) is 4. The van der Waals surface area contributed by atoms with Crippen LogP contribution >= 0.6 is 0 Å². The Kier molecular flexibility index (Phi) is 5.14. The van der Waals surface area contributed by atoms with E-state index in [1.165, 1.54) is 13.2 Å². The smallest absolute Gasteiger partial charge is 0.497 e. The lowest BCUT2D eigenvalue weighted by atomic mass is 9.79. The Hall–Kier alpha value is -1.86. The summed E-state index contributed by atoms with van der Waals surface area (Å²) in [7, 11) is 1.32. The number of halogens is 3. The minimum absolute atomic E-state index is 0.206. The van der Waals surface area contributed by atoms with Crippen molar-refractivity contribution in [1.82, 2.24) is 0 Å². The number of esters is 1. The van der Waals surface area contributed by atoms with E-state index in [0.717, 1.165) is 12.1 Å². The minimum atomic E-state index is -5.25. The quantitative estimate of drug-likeness (QED) is 0.619. The summed E-state index contributed by atoms with van der Waals surface area (Å²) in [5, 5.41) is 0. The predicted molar refractivity (Wildman–Crippen MR) is 73.0 cm³/mol. The number of ether oxygens (including phenoxy) is 3. The Labute approximate surface area is 121 Å². The lowest BCUT2D eigenvalue weighted by Gasteiger charge is -2.22. The fourth-order valence-corrected chi connectivity index (χ4v) is 1.54. The second-order valence-electron chi connectivity index (χ2n) is 5.35. The molecule has 0 aliphatic rings. The van der Waals surface area contributed by atoms with Crippen molar-refractivity contribution < 1.29 is 32.0 Å². The Morgan fingerprint density at radius 1 is 1.24 bits per heavy atom. The van der Waals surface area contributed by atoms with Gasteiger partial charge in [-0.15, -0.1) is 0 Å². The van der Waals surface area contributed by atoms with Crippen LogP contribution in [0.4, 0.5) is 12.9 Å². The Balaban J connectivity index is 2.88. The number of carbonyl (C=O) groups excluding carboxylic acids is 1. The van der Waals surface area contributed by atoms with E-state index in [0.29, 0.717) is 0 Å². The van der Waals surface area contributed by atoms with Crippen molar-refractivity contribution in [3.63, 3.8) is 0 Å². The highest BCUT2D eigenvalue weighted by molar-refractivity contribution is 6.74. The van der Waals surface area contributed by atoms with Gasteiger partial charge >= 0.3 is 12.9 Å². The Morgan fingerprint density at radius 2 is 1.86 bits per heavy atom. The van der Waals surface area contributed by atoms with Gasteiger partial charge in [0.1, 0.15) is 11.4 Å². The molecular formula is C13H17BF3O4-. The monoisotopic (exact) mass is 305 g/mol. The highest BCUT2D eigenvalue weighted by Gasteiger charge is 2.30. The molecule has 118 valence electrons. The van der Waals surface area contributed by atoms with E-state index in [1.807, 2.05) is 0 Å². The summed E-state index contributed by atoms with van der Waals surface area (Å²) in [4.78, 5) is 11.5. The summed E-state index contributed by atoms with van der Waals surface area (Å²) < 4.78 is 53.5. The van der Waals surface area contributed by atoms with Crippen LogP contribution < -0.4 is 14.9 Å². The average molecular weight is 305 g/mol. The Bertz CT molecular complexity index is 509. The minimum Gasteiger partial charge on any atom is -0.497 e. The Morgan fingerprint density at radius 3 is 2.33 bits per heavy atom. The molecule has 4 nitrogen and oxygen atoms in total. The number of hydrogen-bond donors (Lipinski definition) is 0. The van der Waals surface area contributed by atoms with E-state index in [2.05, 4.69) is 0 Å². The molecule has 8 heteroatoms. The first-order valence-electron chi connectivity index (χ1n) is 6.25. The molecule has 0 N–H and O–H groups in total. The first-order valence-corrected chi connectivity index (χ1v) is 6.25. The molecule has 0 fully saturated rings. The number of methoxy groups -OCH3 is 1. The molecule has 0 aliphatic carbocycles. The molecule has 1 aromatic rings. The molecule has 0 radical (unpaired) electrons. The summed E-state index contributed by atoms with van der Waals surface area (Å²) in [5.41, 5.74) is -1.65. The molecule has 0 atom stereocenters. The van der Waals surface area contributed by atoms with E-state index in [9.17, 15) is 17.7 Å². The fourth-order valence-electron chi connectivity index (χ4n) is 1.54. The molecule has 0 unspecified atom stereocenters. The van der Waals surface area contributed by atoms with Crippen LogP contribution in [0.3, 0.4) is 0 Å². The third kappa shape index (κ3) is 5.57. The summed E-state index contributed by atoms with van der Waals surface area (Å²) >= 11 is 0. The van der Waals surface area contributed by atoms with Crippen molar-refractivity contribution in [3.05, 3.63) is 18.2 Å². The molecular weight excluding hydrogens is 288 g/mol. The first-order chi connectivity index (χ1) is 9.53. The number of carbonyl (C=O) groups is 1. The lowest BCUT2D eigenvalue weighted by molar-refractivity contribution is -0.157. The van der Waals surface area contributed by atoms with Crippen LogP contribution in [-0.2, 0) is 9.53 Å². The van der Waals surface area contributed by atoms with Gasteiger partial charge in [0, 0.05) is 6.07 Å². The second-order valence-corrected chi connectivity index (χ2v) is 5.35. The van der Waals surface area contributed by atoms with Gasteiger partial charge < -0.3 is 27.2 Å². The van der Waals surface area contributed by atoms with Crippen molar-refractivity contribution in [3.8, 4) is 11.5 Å². The molecule has 0 saturated carbocycles. The van der Waals surface area contributed by atoms with Gasteiger partial charge in [0.2, 0.25) is 0 Å². The zero-order valence-corrected chi connectivity index (χ0v) is 12.3. The highest BCUT2D eigenvalue weighted by Crippen LogP contribution is 2.23. The SMILES string of the molecule is COc1ccc([B-](F)(F)F)c(OCC(=O)OC(C)(C)C)c1.